The van der Waals surface area contributed by atoms with Gasteiger partial charge in [-0.15, -0.1) is 5.10 Å². The van der Waals surface area contributed by atoms with Crippen LogP contribution in [0.1, 0.15) is 36.1 Å². The molecule has 15 heavy (non-hydrogen) atoms. The highest BCUT2D eigenvalue weighted by molar-refractivity contribution is 5.87. The third kappa shape index (κ3) is 2.08. The van der Waals surface area contributed by atoms with Gasteiger partial charge in [-0.3, -0.25) is 0 Å². The van der Waals surface area contributed by atoms with Crippen LogP contribution >= 0.6 is 0 Å². The summed E-state index contributed by atoms with van der Waals surface area (Å²) < 4.78 is 37.6. The lowest BCUT2D eigenvalue weighted by atomic mass is 10.3. The molecule has 1 N–H and O–H groups in total. The average molecular weight is 223 g/mol. The first-order valence-corrected chi connectivity index (χ1v) is 4.00. The van der Waals surface area contributed by atoms with E-state index < -0.39 is 29.6 Å². The normalized spacial score (nSPS) is 12.1. The first-order valence-electron chi connectivity index (χ1n) is 4.00. The highest BCUT2D eigenvalue weighted by atomic mass is 19.4. The van der Waals surface area contributed by atoms with Gasteiger partial charge < -0.3 is 5.11 Å². The van der Waals surface area contributed by atoms with Gasteiger partial charge in [0.1, 0.15) is 0 Å². The van der Waals surface area contributed by atoms with Gasteiger partial charge in [-0.1, -0.05) is 5.21 Å². The molecule has 0 aliphatic carbocycles. The van der Waals surface area contributed by atoms with Crippen molar-refractivity contribution in [1.82, 2.24) is 15.0 Å². The van der Waals surface area contributed by atoms with E-state index in [4.69, 9.17) is 5.11 Å². The topological polar surface area (TPSA) is 68.0 Å². The number of hydrogen-bond donors (Lipinski definition) is 1. The van der Waals surface area contributed by atoms with E-state index in [1.54, 1.807) is 0 Å². The largest absolute Gasteiger partial charge is 0.476 e. The van der Waals surface area contributed by atoms with E-state index in [-0.39, 0.29) is 0 Å². The molecule has 0 bridgehead atoms. The number of alkyl halides is 3. The quantitative estimate of drug-likeness (QED) is 0.826. The lowest BCUT2D eigenvalue weighted by molar-refractivity contribution is -0.141. The summed E-state index contributed by atoms with van der Waals surface area (Å²) in [6.07, 6.45) is -4.80. The minimum atomic E-state index is -4.80. The maximum atomic E-state index is 12.3. The van der Waals surface area contributed by atoms with Crippen LogP contribution in [0.4, 0.5) is 13.2 Å². The van der Waals surface area contributed by atoms with E-state index in [2.05, 4.69) is 10.3 Å². The van der Waals surface area contributed by atoms with Crippen molar-refractivity contribution in [2.75, 3.05) is 0 Å². The zero-order valence-electron chi connectivity index (χ0n) is 7.91. The van der Waals surface area contributed by atoms with Crippen LogP contribution < -0.4 is 0 Å². The second-order valence-electron chi connectivity index (χ2n) is 3.13. The van der Waals surface area contributed by atoms with E-state index in [0.717, 1.165) is 4.68 Å². The van der Waals surface area contributed by atoms with Crippen molar-refractivity contribution in [3.63, 3.8) is 0 Å². The molecule has 8 heteroatoms. The van der Waals surface area contributed by atoms with Gasteiger partial charge in [0.25, 0.3) is 0 Å². The Morgan fingerprint density at radius 1 is 1.47 bits per heavy atom. The molecule has 0 spiro atoms. The van der Waals surface area contributed by atoms with Gasteiger partial charge in [-0.2, -0.15) is 13.2 Å². The molecular weight excluding hydrogens is 215 g/mol. The van der Waals surface area contributed by atoms with Crippen molar-refractivity contribution in [1.29, 1.82) is 0 Å². The summed E-state index contributed by atoms with van der Waals surface area (Å²) in [6, 6.07) is -0.500. The molecule has 0 radical (unpaired) electrons. The number of carbonyl (C=O) groups is 1. The summed E-state index contributed by atoms with van der Waals surface area (Å²) in [6.45, 7) is 3.03. The molecule has 5 nitrogen and oxygen atoms in total. The fraction of sp³-hybridized carbons (Fsp3) is 0.571. The SMILES string of the molecule is CC(C)n1nnc(C(F)(F)F)c1C(=O)O. The molecule has 84 valence electrons. The molecule has 1 aromatic heterocycles. The summed E-state index contributed by atoms with van der Waals surface area (Å²) in [7, 11) is 0. The Balaban J connectivity index is 3.37. The van der Waals surface area contributed by atoms with Crippen molar-refractivity contribution >= 4 is 5.97 Å². The minimum absolute atomic E-state index is 0.500. The van der Waals surface area contributed by atoms with Gasteiger partial charge in [-0.05, 0) is 13.8 Å². The summed E-state index contributed by atoms with van der Waals surface area (Å²) in [5.41, 5.74) is -2.40. The molecule has 0 aromatic carbocycles. The Kier molecular flexibility index (Phi) is 2.69. The number of carboxylic acids is 1. The van der Waals surface area contributed by atoms with E-state index >= 15 is 0 Å². The Morgan fingerprint density at radius 2 is 2.00 bits per heavy atom. The van der Waals surface area contributed by atoms with Crippen molar-refractivity contribution in [3.05, 3.63) is 11.4 Å². The Bertz CT molecular complexity index is 383. The van der Waals surface area contributed by atoms with Crippen LogP contribution in [0.2, 0.25) is 0 Å². The van der Waals surface area contributed by atoms with E-state index in [9.17, 15) is 18.0 Å². The van der Waals surface area contributed by atoms with E-state index in [1.807, 2.05) is 0 Å². The van der Waals surface area contributed by atoms with Crippen molar-refractivity contribution in [3.8, 4) is 0 Å². The molecule has 1 rings (SSSR count). The fourth-order valence-electron chi connectivity index (χ4n) is 1.05. The molecule has 0 saturated carbocycles. The van der Waals surface area contributed by atoms with E-state index in [0.29, 0.717) is 0 Å². The van der Waals surface area contributed by atoms with E-state index in [1.165, 1.54) is 13.8 Å². The number of hydrogen-bond acceptors (Lipinski definition) is 3. The third-order valence-corrected chi connectivity index (χ3v) is 1.65. The Hall–Kier alpha value is -1.60. The first-order chi connectivity index (χ1) is 6.75. The number of rotatable bonds is 2. The van der Waals surface area contributed by atoms with Gasteiger partial charge in [0, 0.05) is 6.04 Å². The highest BCUT2D eigenvalue weighted by Gasteiger charge is 2.41. The van der Waals surface area contributed by atoms with Crippen LogP contribution in [0.15, 0.2) is 0 Å². The zero-order valence-corrected chi connectivity index (χ0v) is 7.91. The average Bonchev–Trinajstić information content (AvgIpc) is 2.45. The van der Waals surface area contributed by atoms with Crippen LogP contribution in [0.3, 0.4) is 0 Å². The third-order valence-electron chi connectivity index (χ3n) is 1.65. The molecule has 0 saturated heterocycles. The second-order valence-corrected chi connectivity index (χ2v) is 3.13. The van der Waals surface area contributed by atoms with Crippen LogP contribution in [-0.2, 0) is 6.18 Å². The van der Waals surface area contributed by atoms with Crippen molar-refractivity contribution < 1.29 is 23.1 Å². The van der Waals surface area contributed by atoms with Crippen LogP contribution in [0.5, 0.6) is 0 Å². The van der Waals surface area contributed by atoms with Crippen LogP contribution in [-0.4, -0.2) is 26.1 Å². The monoisotopic (exact) mass is 223 g/mol. The number of aromatic nitrogens is 3. The summed E-state index contributed by atoms with van der Waals surface area (Å²) >= 11 is 0. The number of nitrogens with zero attached hydrogens (tertiary/aromatic N) is 3. The van der Waals surface area contributed by atoms with Crippen LogP contribution in [0, 0.1) is 0 Å². The molecule has 0 aliphatic rings. The predicted molar refractivity (Wildman–Crippen MR) is 42.4 cm³/mol. The number of aromatic carboxylic acids is 1. The molecule has 1 aromatic rings. The zero-order chi connectivity index (χ0) is 11.8. The molecule has 0 fully saturated rings. The molecule has 1 heterocycles. The van der Waals surface area contributed by atoms with Gasteiger partial charge in [0.2, 0.25) is 5.69 Å². The standard InChI is InChI=1S/C7H8F3N3O2/c1-3(2)13-4(6(14)15)5(11-12-13)7(8,9)10/h3H,1-2H3,(H,14,15). The molecule has 0 amide bonds. The summed E-state index contributed by atoms with van der Waals surface area (Å²) in [5.74, 6) is -1.69. The smallest absolute Gasteiger partial charge is 0.437 e. The Morgan fingerprint density at radius 3 is 2.33 bits per heavy atom. The Labute approximate surface area is 82.5 Å². The minimum Gasteiger partial charge on any atom is -0.476 e. The maximum absolute atomic E-state index is 12.3. The number of halogens is 3. The lowest BCUT2D eigenvalue weighted by Crippen LogP contribution is -2.17. The summed E-state index contributed by atoms with van der Waals surface area (Å²) in [5, 5.41) is 14.7. The molecule has 0 atom stereocenters. The summed E-state index contributed by atoms with van der Waals surface area (Å²) in [4.78, 5) is 10.7. The van der Waals surface area contributed by atoms with Crippen molar-refractivity contribution in [2.45, 2.75) is 26.1 Å². The maximum Gasteiger partial charge on any atom is 0.437 e. The first kappa shape index (κ1) is 11.5. The van der Waals surface area contributed by atoms with Gasteiger partial charge >= 0.3 is 12.1 Å². The predicted octanol–water partition coefficient (Wildman–Crippen LogP) is 1.58. The molecule has 0 aliphatic heterocycles. The molecular formula is C7H8F3N3O2. The van der Waals surface area contributed by atoms with Gasteiger partial charge in [0.05, 0.1) is 0 Å². The fourth-order valence-corrected chi connectivity index (χ4v) is 1.05. The highest BCUT2D eigenvalue weighted by Crippen LogP contribution is 2.30. The molecule has 0 unspecified atom stereocenters. The second kappa shape index (κ2) is 3.52. The van der Waals surface area contributed by atoms with Gasteiger partial charge in [-0.25, -0.2) is 9.48 Å². The van der Waals surface area contributed by atoms with Gasteiger partial charge in [0.15, 0.2) is 5.69 Å². The van der Waals surface area contributed by atoms with Crippen molar-refractivity contribution in [2.24, 2.45) is 0 Å². The number of carboxylic acid groups (broad SMARTS) is 1. The van der Waals surface area contributed by atoms with Crippen LogP contribution in [0.25, 0.3) is 0 Å². The lowest BCUT2D eigenvalue weighted by Gasteiger charge is -2.08.